The van der Waals surface area contributed by atoms with Crippen LogP contribution in [0, 0.1) is 11.7 Å². The van der Waals surface area contributed by atoms with Gasteiger partial charge in [0.1, 0.15) is 10.7 Å². The summed E-state index contributed by atoms with van der Waals surface area (Å²) in [7, 11) is -3.66. The van der Waals surface area contributed by atoms with E-state index in [0.717, 1.165) is 12.5 Å². The quantitative estimate of drug-likeness (QED) is 0.614. The van der Waals surface area contributed by atoms with Gasteiger partial charge in [0, 0.05) is 12.6 Å². The first-order valence-corrected chi connectivity index (χ1v) is 9.11. The molecule has 1 aliphatic rings. The molecule has 0 aliphatic heterocycles. The van der Waals surface area contributed by atoms with Crippen LogP contribution >= 0.6 is 0 Å². The molecule has 2 rings (SSSR count). The van der Waals surface area contributed by atoms with E-state index in [2.05, 4.69) is 22.5 Å². The lowest BCUT2D eigenvalue weighted by atomic mass is 10.3. The second kappa shape index (κ2) is 7.09. The van der Waals surface area contributed by atoms with Gasteiger partial charge in [-0.15, -0.1) is 0 Å². The lowest BCUT2D eigenvalue weighted by Gasteiger charge is -2.11. The van der Waals surface area contributed by atoms with Crippen molar-refractivity contribution >= 4 is 15.8 Å². The van der Waals surface area contributed by atoms with Gasteiger partial charge in [-0.1, -0.05) is 19.1 Å². The summed E-state index contributed by atoms with van der Waals surface area (Å²) in [5.41, 5.74) is 0. The van der Waals surface area contributed by atoms with Crippen LogP contribution in [0.1, 0.15) is 20.3 Å². The minimum absolute atomic E-state index is 0.0904. The molecule has 1 saturated carbocycles. The predicted molar refractivity (Wildman–Crippen MR) is 85.1 cm³/mol. The van der Waals surface area contributed by atoms with E-state index < -0.39 is 15.7 Å². The van der Waals surface area contributed by atoms with Crippen LogP contribution in [-0.2, 0) is 9.84 Å². The number of hydrogen-bond acceptors (Lipinski definition) is 3. The van der Waals surface area contributed by atoms with Gasteiger partial charge in [-0.2, -0.15) is 0 Å². The maximum Gasteiger partial charge on any atom is 0.191 e. The number of nitrogens with one attached hydrogen (secondary N) is 2. The van der Waals surface area contributed by atoms with Gasteiger partial charge in [0.25, 0.3) is 0 Å². The first kappa shape index (κ1) is 16.7. The number of rotatable bonds is 6. The standard InChI is InChI=1S/C15H22FN3O2S/c1-3-17-15(19-13-10-11(13)2)18-8-9-22(20,21)14-7-5-4-6-12(14)16/h4-7,11,13H,3,8-10H2,1-2H3,(H2,17,18,19). The Kier molecular flexibility index (Phi) is 5.39. The van der Waals surface area contributed by atoms with Gasteiger partial charge in [-0.05, 0) is 31.4 Å². The van der Waals surface area contributed by atoms with E-state index in [1.54, 1.807) is 0 Å². The SMILES string of the molecule is CCNC(=NCCS(=O)(=O)c1ccccc1F)NC1CC1C. The van der Waals surface area contributed by atoms with Crippen LogP contribution in [0.25, 0.3) is 0 Å². The Morgan fingerprint density at radius 2 is 2.09 bits per heavy atom. The van der Waals surface area contributed by atoms with Crippen molar-refractivity contribution in [2.75, 3.05) is 18.8 Å². The van der Waals surface area contributed by atoms with Crippen molar-refractivity contribution in [2.45, 2.75) is 31.2 Å². The molecule has 0 radical (unpaired) electrons. The van der Waals surface area contributed by atoms with Crippen LogP contribution < -0.4 is 10.6 Å². The molecule has 7 heteroatoms. The molecule has 0 bridgehead atoms. The van der Waals surface area contributed by atoms with E-state index in [0.29, 0.717) is 24.5 Å². The Bertz CT molecular complexity index is 646. The van der Waals surface area contributed by atoms with E-state index >= 15 is 0 Å². The first-order valence-electron chi connectivity index (χ1n) is 7.46. The Balaban J connectivity index is 1.97. The maximum atomic E-state index is 13.6. The lowest BCUT2D eigenvalue weighted by molar-refractivity contribution is 0.567. The highest BCUT2D eigenvalue weighted by molar-refractivity contribution is 7.91. The minimum Gasteiger partial charge on any atom is -0.357 e. The van der Waals surface area contributed by atoms with E-state index in [4.69, 9.17) is 0 Å². The predicted octanol–water partition coefficient (Wildman–Crippen LogP) is 1.56. The fourth-order valence-electron chi connectivity index (χ4n) is 2.10. The number of sulfone groups is 1. The van der Waals surface area contributed by atoms with Gasteiger partial charge in [0.2, 0.25) is 0 Å². The topological polar surface area (TPSA) is 70.6 Å². The summed E-state index contributed by atoms with van der Waals surface area (Å²) in [6.45, 7) is 4.88. The van der Waals surface area contributed by atoms with E-state index in [9.17, 15) is 12.8 Å². The highest BCUT2D eigenvalue weighted by Gasteiger charge is 2.33. The summed E-state index contributed by atoms with van der Waals surface area (Å²) in [4.78, 5) is 4.00. The third-order valence-corrected chi connectivity index (χ3v) is 5.30. The summed E-state index contributed by atoms with van der Waals surface area (Å²) >= 11 is 0. The Morgan fingerprint density at radius 1 is 1.41 bits per heavy atom. The number of benzene rings is 1. The third-order valence-electron chi connectivity index (χ3n) is 3.58. The normalized spacial score (nSPS) is 21.5. The smallest absolute Gasteiger partial charge is 0.191 e. The molecule has 0 amide bonds. The van der Waals surface area contributed by atoms with Crippen molar-refractivity contribution in [3.8, 4) is 0 Å². The van der Waals surface area contributed by atoms with Crippen molar-refractivity contribution in [1.82, 2.24) is 10.6 Å². The summed E-state index contributed by atoms with van der Waals surface area (Å²) in [5, 5.41) is 6.33. The molecule has 22 heavy (non-hydrogen) atoms. The summed E-state index contributed by atoms with van der Waals surface area (Å²) in [5.74, 6) is 0.292. The van der Waals surface area contributed by atoms with Crippen LogP contribution in [0.15, 0.2) is 34.2 Å². The molecular formula is C15H22FN3O2S. The van der Waals surface area contributed by atoms with Crippen molar-refractivity contribution in [3.05, 3.63) is 30.1 Å². The van der Waals surface area contributed by atoms with Gasteiger partial charge in [0.15, 0.2) is 15.8 Å². The average Bonchev–Trinajstić information content (AvgIpc) is 3.14. The fraction of sp³-hybridized carbons (Fsp3) is 0.533. The Hall–Kier alpha value is -1.63. The monoisotopic (exact) mass is 327 g/mol. The number of halogens is 1. The van der Waals surface area contributed by atoms with Crippen LogP contribution in [0.5, 0.6) is 0 Å². The molecule has 5 nitrogen and oxygen atoms in total. The molecule has 0 aromatic heterocycles. The summed E-state index contributed by atoms with van der Waals surface area (Å²) in [6, 6.07) is 5.82. The number of hydrogen-bond donors (Lipinski definition) is 2. The van der Waals surface area contributed by atoms with Crippen LogP contribution in [-0.4, -0.2) is 39.3 Å². The molecule has 0 spiro atoms. The molecule has 1 fully saturated rings. The highest BCUT2D eigenvalue weighted by atomic mass is 32.2. The summed E-state index contributed by atoms with van der Waals surface area (Å²) in [6.07, 6.45) is 1.10. The molecule has 0 saturated heterocycles. The first-order chi connectivity index (χ1) is 10.4. The highest BCUT2D eigenvalue weighted by Crippen LogP contribution is 2.28. The summed E-state index contributed by atoms with van der Waals surface area (Å²) < 4.78 is 37.8. The van der Waals surface area contributed by atoms with Gasteiger partial charge in [0.05, 0.1) is 12.3 Å². The van der Waals surface area contributed by atoms with Gasteiger partial charge < -0.3 is 10.6 Å². The zero-order valence-corrected chi connectivity index (χ0v) is 13.7. The van der Waals surface area contributed by atoms with Crippen molar-refractivity contribution in [2.24, 2.45) is 10.9 Å². The van der Waals surface area contributed by atoms with Gasteiger partial charge >= 0.3 is 0 Å². The molecule has 1 aromatic rings. The van der Waals surface area contributed by atoms with Gasteiger partial charge in [-0.3, -0.25) is 4.99 Å². The van der Waals surface area contributed by atoms with Crippen LogP contribution in [0.2, 0.25) is 0 Å². The third kappa shape index (κ3) is 4.43. The van der Waals surface area contributed by atoms with Crippen LogP contribution in [0.3, 0.4) is 0 Å². The zero-order valence-electron chi connectivity index (χ0n) is 12.8. The van der Waals surface area contributed by atoms with Crippen molar-refractivity contribution in [3.63, 3.8) is 0 Å². The van der Waals surface area contributed by atoms with Crippen molar-refractivity contribution < 1.29 is 12.8 Å². The Labute approximate surface area is 130 Å². The molecule has 2 atom stereocenters. The van der Waals surface area contributed by atoms with Crippen molar-refractivity contribution in [1.29, 1.82) is 0 Å². The molecule has 122 valence electrons. The molecule has 2 N–H and O–H groups in total. The van der Waals surface area contributed by atoms with E-state index in [1.807, 2.05) is 6.92 Å². The van der Waals surface area contributed by atoms with Crippen LogP contribution in [0.4, 0.5) is 4.39 Å². The second-order valence-electron chi connectivity index (χ2n) is 5.47. The number of aliphatic imine (C=N–C) groups is 1. The number of guanidine groups is 1. The average molecular weight is 327 g/mol. The maximum absolute atomic E-state index is 13.6. The van der Waals surface area contributed by atoms with E-state index in [1.165, 1.54) is 18.2 Å². The molecule has 2 unspecified atom stereocenters. The van der Waals surface area contributed by atoms with Gasteiger partial charge in [-0.25, -0.2) is 12.8 Å². The number of nitrogens with zero attached hydrogens (tertiary/aromatic N) is 1. The lowest BCUT2D eigenvalue weighted by Crippen LogP contribution is -2.39. The molecular weight excluding hydrogens is 305 g/mol. The Morgan fingerprint density at radius 3 is 2.68 bits per heavy atom. The fourth-order valence-corrected chi connectivity index (χ4v) is 3.31. The molecule has 1 aromatic carbocycles. The molecule has 0 heterocycles. The zero-order chi connectivity index (χ0) is 16.2. The second-order valence-corrected chi connectivity index (χ2v) is 7.55. The molecule has 1 aliphatic carbocycles. The minimum atomic E-state index is -3.66. The largest absolute Gasteiger partial charge is 0.357 e. The van der Waals surface area contributed by atoms with E-state index in [-0.39, 0.29) is 17.2 Å².